The summed E-state index contributed by atoms with van der Waals surface area (Å²) in [6.45, 7) is 4.86. The number of nitrogens with zero attached hydrogens (tertiary/aromatic N) is 1. The summed E-state index contributed by atoms with van der Waals surface area (Å²) < 4.78 is 5.88. The van der Waals surface area contributed by atoms with Gasteiger partial charge in [-0.25, -0.2) is 0 Å². The van der Waals surface area contributed by atoms with Gasteiger partial charge in [0.25, 0.3) is 0 Å². The number of fused-ring (bicyclic) bond motifs is 1. The minimum absolute atomic E-state index is 0. The van der Waals surface area contributed by atoms with Gasteiger partial charge in [0.1, 0.15) is 18.5 Å². The normalized spacial score (nSPS) is 16.8. The van der Waals surface area contributed by atoms with E-state index in [4.69, 9.17) is 10.5 Å². The number of carbonyl (C=O) groups excluding carboxylic acids is 2. The van der Waals surface area contributed by atoms with E-state index in [0.717, 1.165) is 11.9 Å². The van der Waals surface area contributed by atoms with Crippen LogP contribution in [0.1, 0.15) is 25.8 Å². The van der Waals surface area contributed by atoms with Crippen molar-refractivity contribution in [1.82, 2.24) is 10.3 Å². The number of rotatable bonds is 10. The molecule has 188 valence electrons. The first-order chi connectivity index (χ1) is 16.2. The number of hydrogen-bond donors (Lipinski definition) is 4. The lowest BCUT2D eigenvalue weighted by Gasteiger charge is -2.28. The maximum absolute atomic E-state index is 12.4. The summed E-state index contributed by atoms with van der Waals surface area (Å²) in [6, 6.07) is 15.3. The maximum Gasteiger partial charge on any atom is 0.227 e. The average molecular weight is 501 g/mol. The number of nitrogens with one attached hydrogen (secondary N) is 2. The number of β-amino-alcohol motifs (C(OH)–C–C–N with tert-alkyl or cyclic N) is 1. The second kappa shape index (κ2) is 11.1. The quantitative estimate of drug-likeness (QED) is 0.341. The molecule has 4 rings (SSSR count). The number of H-pyrrole nitrogens is 1. The van der Waals surface area contributed by atoms with Crippen molar-refractivity contribution in [2.75, 3.05) is 24.6 Å². The van der Waals surface area contributed by atoms with Crippen molar-refractivity contribution in [3.63, 3.8) is 0 Å². The molecule has 2 atom stereocenters. The van der Waals surface area contributed by atoms with Gasteiger partial charge in [-0.15, -0.1) is 12.4 Å². The third-order valence-corrected chi connectivity index (χ3v) is 6.24. The van der Waals surface area contributed by atoms with Crippen LogP contribution in [0.15, 0.2) is 54.7 Å². The molecule has 1 aliphatic heterocycles. The molecule has 1 fully saturated rings. The first kappa shape index (κ1) is 26.5. The zero-order chi connectivity index (χ0) is 24.3. The van der Waals surface area contributed by atoms with Gasteiger partial charge in [0.2, 0.25) is 11.8 Å². The number of aliphatic hydroxyl groups is 1. The van der Waals surface area contributed by atoms with Gasteiger partial charge in [-0.3, -0.25) is 9.59 Å². The molecule has 9 heteroatoms. The molecule has 2 unspecified atom stereocenters. The molecule has 1 aromatic heterocycles. The second-order valence-electron chi connectivity index (χ2n) is 9.54. The number of benzene rings is 2. The minimum atomic E-state index is -0.747. The average Bonchev–Trinajstić information content (AvgIpc) is 3.40. The van der Waals surface area contributed by atoms with Crippen LogP contribution in [-0.4, -0.2) is 53.2 Å². The third kappa shape index (κ3) is 6.33. The molecule has 1 aliphatic rings. The van der Waals surface area contributed by atoms with Crippen LogP contribution >= 0.6 is 12.4 Å². The molecule has 2 aromatic carbocycles. The van der Waals surface area contributed by atoms with E-state index < -0.39 is 17.9 Å². The predicted molar refractivity (Wildman–Crippen MR) is 139 cm³/mol. The Balaban J connectivity index is 0.00000342. The number of primary amides is 1. The SMILES string of the molecule is CC(C)(Cc1c[nH]c2ccccc12)NCC(O)COc1ccccc1N1CC(C(N)=O)CC1=O.Cl. The van der Waals surface area contributed by atoms with E-state index in [1.54, 1.807) is 24.3 Å². The van der Waals surface area contributed by atoms with Gasteiger partial charge < -0.3 is 30.8 Å². The van der Waals surface area contributed by atoms with Gasteiger partial charge in [-0.05, 0) is 44.0 Å². The van der Waals surface area contributed by atoms with E-state index >= 15 is 0 Å². The maximum atomic E-state index is 12.4. The van der Waals surface area contributed by atoms with E-state index in [0.29, 0.717) is 18.0 Å². The lowest BCUT2D eigenvalue weighted by Crippen LogP contribution is -2.46. The summed E-state index contributed by atoms with van der Waals surface area (Å²) in [5.41, 5.74) is 8.05. The highest BCUT2D eigenvalue weighted by atomic mass is 35.5. The number of amides is 2. The second-order valence-corrected chi connectivity index (χ2v) is 9.54. The van der Waals surface area contributed by atoms with Crippen molar-refractivity contribution >= 4 is 40.8 Å². The van der Waals surface area contributed by atoms with Gasteiger partial charge in [-0.2, -0.15) is 0 Å². The highest BCUT2D eigenvalue weighted by Crippen LogP contribution is 2.33. The number of aliphatic hydroxyl groups excluding tert-OH is 1. The topological polar surface area (TPSA) is 121 Å². The van der Waals surface area contributed by atoms with Crippen molar-refractivity contribution in [2.24, 2.45) is 11.7 Å². The molecule has 0 radical (unpaired) electrons. The molecule has 0 bridgehead atoms. The number of aromatic nitrogens is 1. The van der Waals surface area contributed by atoms with Crippen molar-refractivity contribution in [2.45, 2.75) is 38.3 Å². The van der Waals surface area contributed by atoms with Gasteiger partial charge in [-0.1, -0.05) is 30.3 Å². The fourth-order valence-corrected chi connectivity index (χ4v) is 4.39. The van der Waals surface area contributed by atoms with E-state index in [-0.39, 0.29) is 43.4 Å². The van der Waals surface area contributed by atoms with Gasteiger partial charge in [0.05, 0.1) is 11.6 Å². The van der Waals surface area contributed by atoms with E-state index in [9.17, 15) is 14.7 Å². The van der Waals surface area contributed by atoms with Crippen molar-refractivity contribution in [3.8, 4) is 5.75 Å². The Morgan fingerprint density at radius 3 is 2.71 bits per heavy atom. The molecule has 0 saturated carbocycles. The predicted octanol–water partition coefficient (Wildman–Crippen LogP) is 2.78. The lowest BCUT2D eigenvalue weighted by atomic mass is 9.94. The fraction of sp³-hybridized carbons (Fsp3) is 0.385. The van der Waals surface area contributed by atoms with Gasteiger partial charge in [0, 0.05) is 42.1 Å². The molecular weight excluding hydrogens is 468 g/mol. The van der Waals surface area contributed by atoms with Crippen LogP contribution in [0, 0.1) is 5.92 Å². The molecule has 8 nitrogen and oxygen atoms in total. The van der Waals surface area contributed by atoms with Gasteiger partial charge in [0.15, 0.2) is 0 Å². The summed E-state index contributed by atoms with van der Waals surface area (Å²) in [5.74, 6) is -0.667. The Labute approximate surface area is 211 Å². The van der Waals surface area contributed by atoms with Crippen LogP contribution in [-0.2, 0) is 16.0 Å². The lowest BCUT2D eigenvalue weighted by molar-refractivity contribution is -0.123. The number of hydrogen-bond acceptors (Lipinski definition) is 5. The number of aromatic amines is 1. The van der Waals surface area contributed by atoms with Crippen molar-refractivity contribution in [3.05, 3.63) is 60.3 Å². The molecule has 35 heavy (non-hydrogen) atoms. The van der Waals surface area contributed by atoms with Crippen LogP contribution in [0.3, 0.4) is 0 Å². The summed E-state index contributed by atoms with van der Waals surface area (Å²) in [6.07, 6.45) is 2.18. The fourth-order valence-electron chi connectivity index (χ4n) is 4.39. The zero-order valence-electron chi connectivity index (χ0n) is 20.0. The largest absolute Gasteiger partial charge is 0.489 e. The number of para-hydroxylation sites is 3. The van der Waals surface area contributed by atoms with Crippen LogP contribution in [0.4, 0.5) is 5.69 Å². The van der Waals surface area contributed by atoms with Crippen LogP contribution < -0.4 is 20.7 Å². The van der Waals surface area contributed by atoms with Crippen LogP contribution in [0.2, 0.25) is 0 Å². The van der Waals surface area contributed by atoms with Crippen molar-refractivity contribution in [1.29, 1.82) is 0 Å². The first-order valence-corrected chi connectivity index (χ1v) is 11.5. The summed E-state index contributed by atoms with van der Waals surface area (Å²) in [7, 11) is 0. The summed E-state index contributed by atoms with van der Waals surface area (Å²) in [4.78, 5) is 28.7. The zero-order valence-corrected chi connectivity index (χ0v) is 20.8. The molecule has 2 amide bonds. The highest BCUT2D eigenvalue weighted by Gasteiger charge is 2.35. The Hall–Kier alpha value is -3.07. The molecule has 0 aliphatic carbocycles. The molecule has 2 heterocycles. The summed E-state index contributed by atoms with van der Waals surface area (Å²) in [5, 5.41) is 15.2. The Bertz CT molecular complexity index is 1180. The van der Waals surface area contributed by atoms with E-state index in [1.165, 1.54) is 15.8 Å². The third-order valence-electron chi connectivity index (χ3n) is 6.24. The number of carbonyl (C=O) groups is 2. The number of nitrogens with two attached hydrogens (primary N) is 1. The van der Waals surface area contributed by atoms with Crippen LogP contribution in [0.5, 0.6) is 5.75 Å². The Morgan fingerprint density at radius 1 is 1.26 bits per heavy atom. The molecular formula is C26H33ClN4O4. The van der Waals surface area contributed by atoms with Gasteiger partial charge >= 0.3 is 0 Å². The van der Waals surface area contributed by atoms with Crippen LogP contribution in [0.25, 0.3) is 10.9 Å². The Morgan fingerprint density at radius 2 is 1.97 bits per heavy atom. The number of halogens is 1. The first-order valence-electron chi connectivity index (χ1n) is 11.5. The molecule has 5 N–H and O–H groups in total. The minimum Gasteiger partial charge on any atom is -0.489 e. The molecule has 0 spiro atoms. The smallest absolute Gasteiger partial charge is 0.227 e. The van der Waals surface area contributed by atoms with E-state index in [2.05, 4.69) is 36.3 Å². The monoisotopic (exact) mass is 500 g/mol. The highest BCUT2D eigenvalue weighted by molar-refractivity contribution is 6.01. The number of anilines is 1. The molecule has 1 saturated heterocycles. The number of ether oxygens (including phenoxy) is 1. The molecule has 3 aromatic rings. The van der Waals surface area contributed by atoms with Crippen molar-refractivity contribution < 1.29 is 19.4 Å². The standard InChI is InChI=1S/C26H32N4O4.ClH/c1-26(2,12-18-13-28-21-8-4-3-7-20(18)21)29-14-19(31)16-34-23-10-6-5-9-22(23)30-15-17(25(27)33)11-24(30)32;/h3-10,13,17,19,28-29,31H,11-12,14-16H2,1-2H3,(H2,27,33);1H. The summed E-state index contributed by atoms with van der Waals surface area (Å²) >= 11 is 0. The van der Waals surface area contributed by atoms with E-state index in [1.807, 2.05) is 18.3 Å². The Kier molecular flexibility index (Phi) is 8.43.